The number of benzene rings is 1. The van der Waals surface area contributed by atoms with Crippen LogP contribution in [0.5, 0.6) is 0 Å². The van der Waals surface area contributed by atoms with E-state index in [-0.39, 0.29) is 32.0 Å². The first kappa shape index (κ1) is 19.9. The number of nitrogens with zero attached hydrogens (tertiary/aromatic N) is 1. The topological polar surface area (TPSA) is 75.4 Å². The van der Waals surface area contributed by atoms with Crippen molar-refractivity contribution in [2.45, 2.75) is 25.2 Å². The van der Waals surface area contributed by atoms with Gasteiger partial charge in [-0.05, 0) is 31.0 Å². The lowest BCUT2D eigenvalue weighted by Gasteiger charge is -2.30. The molecule has 0 spiro atoms. The molecule has 1 aliphatic heterocycles. The molecular weight excluding hydrogens is 368 g/mol. The van der Waals surface area contributed by atoms with Gasteiger partial charge in [-0.2, -0.15) is 26.3 Å². The highest BCUT2D eigenvalue weighted by Crippen LogP contribution is 2.37. The zero-order valence-electron chi connectivity index (χ0n) is 13.2. The van der Waals surface area contributed by atoms with E-state index in [1.807, 2.05) is 0 Å². The Bertz CT molecular complexity index is 661. The first-order chi connectivity index (χ1) is 11.9. The van der Waals surface area contributed by atoms with Crippen molar-refractivity contribution < 1.29 is 35.9 Å². The highest BCUT2D eigenvalue weighted by atomic mass is 19.4. The summed E-state index contributed by atoms with van der Waals surface area (Å²) in [4.78, 5) is 24.4. The number of halogens is 6. The summed E-state index contributed by atoms with van der Waals surface area (Å²) in [6, 6.07) is 0.000944. The summed E-state index contributed by atoms with van der Waals surface area (Å²) < 4.78 is 76.9. The number of anilines is 1. The standard InChI is InChI=1S/C15H15F6N3O2/c16-14(17,18)9-5-10(15(19,20)21)7-11(6-9)23-13(26)24-3-1-8(2-4-24)12(22)25/h5-8H,1-4H2,(H2,22,25)(H,23,26). The van der Waals surface area contributed by atoms with Crippen molar-refractivity contribution in [1.29, 1.82) is 0 Å². The Morgan fingerprint density at radius 2 is 1.42 bits per heavy atom. The van der Waals surface area contributed by atoms with Crippen molar-refractivity contribution >= 4 is 17.6 Å². The molecule has 0 aliphatic carbocycles. The Labute approximate surface area is 144 Å². The molecular formula is C15H15F6N3O2. The quantitative estimate of drug-likeness (QED) is 0.768. The number of amides is 3. The van der Waals surface area contributed by atoms with E-state index in [2.05, 4.69) is 5.32 Å². The Morgan fingerprint density at radius 3 is 1.81 bits per heavy atom. The molecule has 0 saturated carbocycles. The molecule has 11 heteroatoms. The van der Waals surface area contributed by atoms with Gasteiger partial charge in [0.15, 0.2) is 0 Å². The first-order valence-electron chi connectivity index (χ1n) is 7.52. The number of nitrogens with two attached hydrogens (primary N) is 1. The highest BCUT2D eigenvalue weighted by Gasteiger charge is 2.37. The van der Waals surface area contributed by atoms with E-state index in [1.54, 1.807) is 0 Å². The molecule has 0 bridgehead atoms. The van der Waals surface area contributed by atoms with Crippen LogP contribution in [-0.4, -0.2) is 29.9 Å². The lowest BCUT2D eigenvalue weighted by molar-refractivity contribution is -0.143. The SMILES string of the molecule is NC(=O)C1CCN(C(=O)Nc2cc(C(F)(F)F)cc(C(F)(F)F)c2)CC1. The Hall–Kier alpha value is -2.46. The number of carbonyl (C=O) groups excluding carboxylic acids is 2. The molecule has 0 unspecified atom stereocenters. The van der Waals surface area contributed by atoms with Gasteiger partial charge in [0.25, 0.3) is 0 Å². The number of rotatable bonds is 2. The zero-order valence-corrected chi connectivity index (χ0v) is 13.2. The van der Waals surface area contributed by atoms with E-state index in [1.165, 1.54) is 4.90 Å². The van der Waals surface area contributed by atoms with Gasteiger partial charge < -0.3 is 16.0 Å². The molecule has 1 aromatic carbocycles. The number of nitrogens with one attached hydrogen (secondary N) is 1. The predicted octanol–water partition coefficient (Wildman–Crippen LogP) is 3.45. The molecule has 144 valence electrons. The minimum Gasteiger partial charge on any atom is -0.369 e. The smallest absolute Gasteiger partial charge is 0.369 e. The molecule has 26 heavy (non-hydrogen) atoms. The van der Waals surface area contributed by atoms with E-state index < -0.39 is 47.0 Å². The van der Waals surface area contributed by atoms with Crippen LogP contribution in [0.15, 0.2) is 18.2 Å². The summed E-state index contributed by atoms with van der Waals surface area (Å²) in [5.74, 6) is -0.929. The van der Waals surface area contributed by atoms with Crippen molar-refractivity contribution in [2.75, 3.05) is 18.4 Å². The minimum atomic E-state index is -5.00. The monoisotopic (exact) mass is 383 g/mol. The molecule has 1 aromatic rings. The van der Waals surface area contributed by atoms with Crippen molar-refractivity contribution in [3.8, 4) is 0 Å². The fourth-order valence-corrected chi connectivity index (χ4v) is 2.60. The molecule has 1 saturated heterocycles. The van der Waals surface area contributed by atoms with Gasteiger partial charge in [-0.15, -0.1) is 0 Å². The summed E-state index contributed by atoms with van der Waals surface area (Å²) in [7, 11) is 0. The molecule has 0 radical (unpaired) electrons. The second-order valence-electron chi connectivity index (χ2n) is 5.89. The van der Waals surface area contributed by atoms with Crippen LogP contribution in [0.2, 0.25) is 0 Å². The second-order valence-corrected chi connectivity index (χ2v) is 5.89. The van der Waals surface area contributed by atoms with E-state index in [4.69, 9.17) is 5.73 Å². The maximum atomic E-state index is 12.8. The largest absolute Gasteiger partial charge is 0.416 e. The summed E-state index contributed by atoms with van der Waals surface area (Å²) in [5, 5.41) is 2.05. The number of hydrogen-bond acceptors (Lipinski definition) is 2. The van der Waals surface area contributed by atoms with Crippen LogP contribution in [0.25, 0.3) is 0 Å². The molecule has 0 aromatic heterocycles. The fraction of sp³-hybridized carbons (Fsp3) is 0.467. The lowest BCUT2D eigenvalue weighted by atomic mass is 9.96. The average Bonchev–Trinajstić information content (AvgIpc) is 2.53. The molecule has 1 aliphatic rings. The Balaban J connectivity index is 2.18. The van der Waals surface area contributed by atoms with Gasteiger partial charge in [0.05, 0.1) is 11.1 Å². The summed E-state index contributed by atoms with van der Waals surface area (Å²) in [6.45, 7) is 0.231. The summed E-state index contributed by atoms with van der Waals surface area (Å²) in [5.41, 5.74) is 1.50. The van der Waals surface area contributed by atoms with Gasteiger partial charge in [-0.25, -0.2) is 4.79 Å². The zero-order chi connectivity index (χ0) is 19.7. The molecule has 1 heterocycles. The molecule has 3 amide bonds. The molecule has 5 nitrogen and oxygen atoms in total. The number of likely N-dealkylation sites (tertiary alicyclic amines) is 1. The van der Waals surface area contributed by atoms with Crippen LogP contribution in [0.3, 0.4) is 0 Å². The number of hydrogen-bond donors (Lipinski definition) is 2. The van der Waals surface area contributed by atoms with E-state index >= 15 is 0 Å². The number of piperidine rings is 1. The molecule has 1 fully saturated rings. The number of carbonyl (C=O) groups is 2. The maximum absolute atomic E-state index is 12.8. The van der Waals surface area contributed by atoms with Crippen molar-refractivity contribution in [2.24, 2.45) is 11.7 Å². The Morgan fingerprint density at radius 1 is 0.962 bits per heavy atom. The van der Waals surface area contributed by atoms with Gasteiger partial charge in [-0.3, -0.25) is 4.79 Å². The third-order valence-electron chi connectivity index (χ3n) is 4.02. The van der Waals surface area contributed by atoms with Crippen molar-refractivity contribution in [1.82, 2.24) is 4.90 Å². The van der Waals surface area contributed by atoms with E-state index in [9.17, 15) is 35.9 Å². The van der Waals surface area contributed by atoms with Gasteiger partial charge in [0.2, 0.25) is 5.91 Å². The van der Waals surface area contributed by atoms with Gasteiger partial charge in [0, 0.05) is 24.7 Å². The van der Waals surface area contributed by atoms with E-state index in [0.717, 1.165) is 0 Å². The average molecular weight is 383 g/mol. The van der Waals surface area contributed by atoms with Crippen LogP contribution in [-0.2, 0) is 17.1 Å². The van der Waals surface area contributed by atoms with Crippen LogP contribution >= 0.6 is 0 Å². The van der Waals surface area contributed by atoms with Crippen LogP contribution in [0.1, 0.15) is 24.0 Å². The third kappa shape index (κ3) is 4.79. The van der Waals surface area contributed by atoms with Crippen molar-refractivity contribution in [3.63, 3.8) is 0 Å². The summed E-state index contributed by atoms with van der Waals surface area (Å²) >= 11 is 0. The van der Waals surface area contributed by atoms with E-state index in [0.29, 0.717) is 12.1 Å². The van der Waals surface area contributed by atoms with Crippen LogP contribution in [0.4, 0.5) is 36.8 Å². The molecule has 2 rings (SSSR count). The molecule has 3 N–H and O–H groups in total. The molecule has 0 atom stereocenters. The lowest BCUT2D eigenvalue weighted by Crippen LogP contribution is -2.43. The fourth-order valence-electron chi connectivity index (χ4n) is 2.60. The second kappa shape index (κ2) is 7.04. The highest BCUT2D eigenvalue weighted by molar-refractivity contribution is 5.90. The van der Waals surface area contributed by atoms with Crippen molar-refractivity contribution in [3.05, 3.63) is 29.3 Å². The normalized spacial score (nSPS) is 16.5. The van der Waals surface area contributed by atoms with Crippen LogP contribution < -0.4 is 11.1 Å². The van der Waals surface area contributed by atoms with Gasteiger partial charge in [0.1, 0.15) is 0 Å². The van der Waals surface area contributed by atoms with Gasteiger partial charge >= 0.3 is 18.4 Å². The third-order valence-corrected chi connectivity index (χ3v) is 4.02. The number of primary amides is 1. The maximum Gasteiger partial charge on any atom is 0.416 e. The number of alkyl halides is 6. The Kier molecular flexibility index (Phi) is 5.38. The summed E-state index contributed by atoms with van der Waals surface area (Å²) in [6.07, 6.45) is -9.45. The van der Waals surface area contributed by atoms with Crippen LogP contribution in [0, 0.1) is 5.92 Å². The minimum absolute atomic E-state index is 0.0198. The first-order valence-corrected chi connectivity index (χ1v) is 7.52. The van der Waals surface area contributed by atoms with Gasteiger partial charge in [-0.1, -0.05) is 0 Å². The number of urea groups is 1. The predicted molar refractivity (Wildman–Crippen MR) is 79.0 cm³/mol.